The second-order valence-corrected chi connectivity index (χ2v) is 8.61. The monoisotopic (exact) mass is 439 g/mol. The Kier molecular flexibility index (Phi) is 5.21. The Balaban J connectivity index is 1.41. The number of carbonyl (C=O) groups is 3. The molecule has 2 aliphatic rings. The van der Waals surface area contributed by atoms with E-state index in [9.17, 15) is 14.4 Å². The molecule has 1 fully saturated rings. The van der Waals surface area contributed by atoms with E-state index in [0.717, 1.165) is 27.2 Å². The van der Waals surface area contributed by atoms with Crippen molar-refractivity contribution in [3.8, 4) is 0 Å². The summed E-state index contributed by atoms with van der Waals surface area (Å²) in [6.07, 6.45) is 1.22. The first-order chi connectivity index (χ1) is 16.0. The SMILES string of the molecule is CN(C(=O)CN1C(=O)NC2(CCc3ccccc32)C1=O)C(c1ccccc1)c1ccccc1. The van der Waals surface area contributed by atoms with Crippen LogP contribution in [0.2, 0.25) is 0 Å². The van der Waals surface area contributed by atoms with Crippen LogP contribution in [0.25, 0.3) is 0 Å². The van der Waals surface area contributed by atoms with Gasteiger partial charge in [0, 0.05) is 7.05 Å². The second-order valence-electron chi connectivity index (χ2n) is 8.61. The number of carbonyl (C=O) groups excluding carboxylic acids is 3. The molecule has 5 rings (SSSR count). The van der Waals surface area contributed by atoms with Crippen LogP contribution in [0, 0.1) is 0 Å². The fourth-order valence-corrected chi connectivity index (χ4v) is 5.03. The highest BCUT2D eigenvalue weighted by molar-refractivity contribution is 6.10. The third-order valence-corrected chi connectivity index (χ3v) is 6.73. The number of urea groups is 1. The molecule has 6 heteroatoms. The Bertz CT molecular complexity index is 1170. The minimum atomic E-state index is -1.06. The average Bonchev–Trinajstić information content (AvgIpc) is 3.33. The highest BCUT2D eigenvalue weighted by Gasteiger charge is 2.55. The predicted octanol–water partition coefficient (Wildman–Crippen LogP) is 3.63. The summed E-state index contributed by atoms with van der Waals surface area (Å²) < 4.78 is 0. The Labute approximate surface area is 192 Å². The van der Waals surface area contributed by atoms with E-state index in [4.69, 9.17) is 0 Å². The minimum absolute atomic E-state index is 0.304. The van der Waals surface area contributed by atoms with Crippen LogP contribution in [0.4, 0.5) is 4.79 Å². The molecule has 1 spiro atoms. The number of aryl methyl sites for hydroxylation is 1. The van der Waals surface area contributed by atoms with Gasteiger partial charge in [-0.2, -0.15) is 0 Å². The first kappa shape index (κ1) is 20.9. The molecule has 1 aliphatic heterocycles. The molecule has 166 valence electrons. The van der Waals surface area contributed by atoms with Crippen molar-refractivity contribution in [3.63, 3.8) is 0 Å². The topological polar surface area (TPSA) is 69.7 Å². The molecule has 33 heavy (non-hydrogen) atoms. The molecular weight excluding hydrogens is 414 g/mol. The van der Waals surface area contributed by atoms with Crippen molar-refractivity contribution in [2.45, 2.75) is 24.4 Å². The van der Waals surface area contributed by atoms with Crippen LogP contribution in [-0.4, -0.2) is 41.2 Å². The maximum absolute atomic E-state index is 13.4. The van der Waals surface area contributed by atoms with Gasteiger partial charge in [0.15, 0.2) is 0 Å². The van der Waals surface area contributed by atoms with Gasteiger partial charge in [-0.3, -0.25) is 14.5 Å². The molecule has 1 unspecified atom stereocenters. The first-order valence-corrected chi connectivity index (χ1v) is 11.1. The molecule has 1 heterocycles. The van der Waals surface area contributed by atoms with Gasteiger partial charge in [-0.1, -0.05) is 84.9 Å². The molecule has 6 nitrogen and oxygen atoms in total. The lowest BCUT2D eigenvalue weighted by atomic mass is 9.92. The minimum Gasteiger partial charge on any atom is -0.333 e. The molecule has 3 aromatic carbocycles. The Hall–Kier alpha value is -3.93. The van der Waals surface area contributed by atoms with Crippen LogP contribution in [0.15, 0.2) is 84.9 Å². The fourth-order valence-electron chi connectivity index (χ4n) is 5.03. The van der Waals surface area contributed by atoms with Crippen LogP contribution < -0.4 is 5.32 Å². The van der Waals surface area contributed by atoms with Gasteiger partial charge in [0.05, 0.1) is 6.04 Å². The maximum Gasteiger partial charge on any atom is 0.325 e. The number of hydrogen-bond acceptors (Lipinski definition) is 3. The molecular formula is C27H25N3O3. The van der Waals surface area contributed by atoms with Gasteiger partial charge in [-0.15, -0.1) is 0 Å². The highest BCUT2D eigenvalue weighted by Crippen LogP contribution is 2.41. The van der Waals surface area contributed by atoms with E-state index in [0.29, 0.717) is 12.8 Å². The van der Waals surface area contributed by atoms with Crippen molar-refractivity contribution in [2.75, 3.05) is 13.6 Å². The number of benzene rings is 3. The average molecular weight is 440 g/mol. The smallest absolute Gasteiger partial charge is 0.325 e. The van der Waals surface area contributed by atoms with Crippen LogP contribution in [-0.2, 0) is 21.5 Å². The zero-order valence-electron chi connectivity index (χ0n) is 18.4. The summed E-state index contributed by atoms with van der Waals surface area (Å²) in [6, 6.07) is 26.3. The van der Waals surface area contributed by atoms with Crippen molar-refractivity contribution < 1.29 is 14.4 Å². The normalized spacial score (nSPS) is 19.2. The highest BCUT2D eigenvalue weighted by atomic mass is 16.2. The van der Waals surface area contributed by atoms with Gasteiger partial charge in [0.25, 0.3) is 5.91 Å². The number of nitrogens with one attached hydrogen (secondary N) is 1. The van der Waals surface area contributed by atoms with Crippen molar-refractivity contribution >= 4 is 17.8 Å². The summed E-state index contributed by atoms with van der Waals surface area (Å²) >= 11 is 0. The van der Waals surface area contributed by atoms with Gasteiger partial charge in [-0.25, -0.2) is 4.79 Å². The van der Waals surface area contributed by atoms with Crippen LogP contribution in [0.5, 0.6) is 0 Å². The second kappa shape index (κ2) is 8.20. The zero-order valence-corrected chi connectivity index (χ0v) is 18.4. The predicted molar refractivity (Wildman–Crippen MR) is 124 cm³/mol. The van der Waals surface area contributed by atoms with E-state index in [2.05, 4.69) is 5.32 Å². The third kappa shape index (κ3) is 3.48. The molecule has 1 aliphatic carbocycles. The van der Waals surface area contributed by atoms with Crippen molar-refractivity contribution in [1.82, 2.24) is 15.1 Å². The number of amides is 4. The van der Waals surface area contributed by atoms with E-state index >= 15 is 0 Å². The van der Waals surface area contributed by atoms with Crippen LogP contribution in [0.1, 0.15) is 34.7 Å². The summed E-state index contributed by atoms with van der Waals surface area (Å²) in [6.45, 7) is -0.304. The third-order valence-electron chi connectivity index (χ3n) is 6.73. The fraction of sp³-hybridized carbons (Fsp3) is 0.222. The van der Waals surface area contributed by atoms with Gasteiger partial charge in [-0.05, 0) is 35.1 Å². The lowest BCUT2D eigenvalue weighted by Crippen LogP contribution is -2.45. The summed E-state index contributed by atoms with van der Waals surface area (Å²) in [5, 5.41) is 2.89. The summed E-state index contributed by atoms with van der Waals surface area (Å²) in [7, 11) is 1.71. The molecule has 0 radical (unpaired) electrons. The van der Waals surface area contributed by atoms with E-state index < -0.39 is 11.6 Å². The number of imide groups is 1. The van der Waals surface area contributed by atoms with E-state index in [1.54, 1.807) is 11.9 Å². The molecule has 0 aromatic heterocycles. The van der Waals surface area contributed by atoms with E-state index in [1.807, 2.05) is 84.9 Å². The lowest BCUT2D eigenvalue weighted by Gasteiger charge is -2.30. The number of rotatable bonds is 5. The molecule has 1 atom stereocenters. The number of hydrogen-bond donors (Lipinski definition) is 1. The summed E-state index contributed by atoms with van der Waals surface area (Å²) in [4.78, 5) is 42.3. The largest absolute Gasteiger partial charge is 0.333 e. The van der Waals surface area contributed by atoms with Gasteiger partial charge < -0.3 is 10.2 Å². The van der Waals surface area contributed by atoms with Gasteiger partial charge in [0.2, 0.25) is 5.91 Å². The zero-order chi connectivity index (χ0) is 23.0. The van der Waals surface area contributed by atoms with Crippen molar-refractivity contribution in [1.29, 1.82) is 0 Å². The van der Waals surface area contributed by atoms with Crippen molar-refractivity contribution in [2.24, 2.45) is 0 Å². The summed E-state index contributed by atoms with van der Waals surface area (Å²) in [5.41, 5.74) is 2.74. The summed E-state index contributed by atoms with van der Waals surface area (Å²) in [5.74, 6) is -0.658. The first-order valence-electron chi connectivity index (χ1n) is 11.1. The Morgan fingerprint density at radius 1 is 0.939 bits per heavy atom. The molecule has 0 saturated carbocycles. The number of likely N-dealkylation sites (N-methyl/N-ethyl adjacent to an activating group) is 1. The maximum atomic E-state index is 13.4. The standard InChI is InChI=1S/C27H25N3O3/c1-29(24(20-11-4-2-5-12-20)21-13-6-3-7-14-21)23(31)18-30-25(32)27(28-26(30)33)17-16-19-10-8-9-15-22(19)27/h2-15,24H,16-18H2,1H3,(H,28,33). The molecule has 1 saturated heterocycles. The lowest BCUT2D eigenvalue weighted by molar-refractivity contribution is -0.139. The molecule has 4 amide bonds. The molecule has 1 N–H and O–H groups in total. The van der Waals surface area contributed by atoms with Crippen LogP contribution in [0.3, 0.4) is 0 Å². The molecule has 0 bridgehead atoms. The quantitative estimate of drug-likeness (QED) is 0.618. The van der Waals surface area contributed by atoms with Crippen molar-refractivity contribution in [3.05, 3.63) is 107 Å². The molecule has 3 aromatic rings. The number of fused-ring (bicyclic) bond motifs is 2. The Morgan fingerprint density at radius 2 is 1.52 bits per heavy atom. The van der Waals surface area contributed by atoms with Crippen LogP contribution >= 0.6 is 0 Å². The Morgan fingerprint density at radius 3 is 2.15 bits per heavy atom. The number of nitrogens with zero attached hydrogens (tertiary/aromatic N) is 2. The van der Waals surface area contributed by atoms with Gasteiger partial charge >= 0.3 is 6.03 Å². The van der Waals surface area contributed by atoms with Gasteiger partial charge in [0.1, 0.15) is 12.1 Å². The van der Waals surface area contributed by atoms with E-state index in [1.165, 1.54) is 0 Å². The van der Waals surface area contributed by atoms with E-state index in [-0.39, 0.29) is 24.4 Å².